The molecule has 0 saturated carbocycles. The van der Waals surface area contributed by atoms with Crippen LogP contribution >= 0.6 is 11.8 Å². The minimum absolute atomic E-state index is 0.0149. The van der Waals surface area contributed by atoms with E-state index in [-0.39, 0.29) is 11.8 Å². The summed E-state index contributed by atoms with van der Waals surface area (Å²) in [6.07, 6.45) is 1.61. The SMILES string of the molecule is CCCNC(=O)[C@H](C)N(CCc1ccccc1)C(=O)CSc1ccccc1. The minimum Gasteiger partial charge on any atom is -0.354 e. The van der Waals surface area contributed by atoms with E-state index >= 15 is 0 Å². The van der Waals surface area contributed by atoms with Crippen LogP contribution in [0.3, 0.4) is 0 Å². The number of thioether (sulfide) groups is 1. The molecule has 5 heteroatoms. The van der Waals surface area contributed by atoms with Crippen molar-refractivity contribution in [1.82, 2.24) is 10.2 Å². The van der Waals surface area contributed by atoms with Crippen LogP contribution < -0.4 is 5.32 Å². The topological polar surface area (TPSA) is 49.4 Å². The Morgan fingerprint density at radius 2 is 1.67 bits per heavy atom. The van der Waals surface area contributed by atoms with Gasteiger partial charge in [0.05, 0.1) is 5.75 Å². The van der Waals surface area contributed by atoms with Gasteiger partial charge in [0.25, 0.3) is 0 Å². The number of carbonyl (C=O) groups is 2. The molecule has 2 rings (SSSR count). The lowest BCUT2D eigenvalue weighted by atomic mass is 10.1. The van der Waals surface area contributed by atoms with Crippen LogP contribution in [-0.4, -0.2) is 41.6 Å². The standard InChI is InChI=1S/C22H28N2O2S/c1-3-15-23-22(26)18(2)24(16-14-19-10-6-4-7-11-19)21(25)17-27-20-12-8-5-9-13-20/h4-13,18H,3,14-17H2,1-2H3,(H,23,26)/t18-/m0/s1. The molecule has 1 N–H and O–H groups in total. The molecule has 144 valence electrons. The average Bonchev–Trinajstić information content (AvgIpc) is 2.72. The molecule has 2 amide bonds. The van der Waals surface area contributed by atoms with Crippen molar-refractivity contribution in [2.75, 3.05) is 18.8 Å². The lowest BCUT2D eigenvalue weighted by molar-refractivity contribution is -0.137. The van der Waals surface area contributed by atoms with Gasteiger partial charge in [-0.3, -0.25) is 9.59 Å². The Morgan fingerprint density at radius 1 is 1.04 bits per heavy atom. The highest BCUT2D eigenvalue weighted by Gasteiger charge is 2.25. The zero-order chi connectivity index (χ0) is 19.5. The maximum absolute atomic E-state index is 12.9. The number of amides is 2. The summed E-state index contributed by atoms with van der Waals surface area (Å²) in [6, 6.07) is 19.4. The molecule has 0 aliphatic rings. The van der Waals surface area contributed by atoms with Crippen molar-refractivity contribution in [2.45, 2.75) is 37.6 Å². The van der Waals surface area contributed by atoms with Crippen molar-refractivity contribution in [3.63, 3.8) is 0 Å². The van der Waals surface area contributed by atoms with E-state index in [1.807, 2.05) is 67.6 Å². The van der Waals surface area contributed by atoms with E-state index < -0.39 is 6.04 Å². The molecule has 0 aromatic heterocycles. The molecule has 0 fully saturated rings. The highest BCUT2D eigenvalue weighted by molar-refractivity contribution is 8.00. The molecule has 4 nitrogen and oxygen atoms in total. The van der Waals surface area contributed by atoms with Crippen LogP contribution in [0.15, 0.2) is 65.6 Å². The number of benzene rings is 2. The van der Waals surface area contributed by atoms with Crippen molar-refractivity contribution in [3.05, 3.63) is 66.2 Å². The predicted octanol–water partition coefficient (Wildman–Crippen LogP) is 3.76. The molecule has 0 aliphatic heterocycles. The van der Waals surface area contributed by atoms with Crippen LogP contribution in [0.4, 0.5) is 0 Å². The Bertz CT molecular complexity index is 707. The van der Waals surface area contributed by atoms with E-state index in [0.29, 0.717) is 18.8 Å². The van der Waals surface area contributed by atoms with Crippen LogP contribution in [0, 0.1) is 0 Å². The summed E-state index contributed by atoms with van der Waals surface area (Å²) in [5.41, 5.74) is 1.16. The monoisotopic (exact) mass is 384 g/mol. The Hall–Kier alpha value is -2.27. The largest absolute Gasteiger partial charge is 0.354 e. The Morgan fingerprint density at radius 3 is 2.30 bits per heavy atom. The van der Waals surface area contributed by atoms with E-state index in [0.717, 1.165) is 23.3 Å². The molecular weight excluding hydrogens is 356 g/mol. The summed E-state index contributed by atoms with van der Waals surface area (Å²) in [5.74, 6) is 0.214. The highest BCUT2D eigenvalue weighted by atomic mass is 32.2. The van der Waals surface area contributed by atoms with Crippen LogP contribution in [0.1, 0.15) is 25.8 Å². The molecule has 0 heterocycles. The molecular formula is C22H28N2O2S. The molecule has 0 spiro atoms. The number of nitrogens with zero attached hydrogens (tertiary/aromatic N) is 1. The number of rotatable bonds is 10. The minimum atomic E-state index is -0.482. The summed E-state index contributed by atoms with van der Waals surface area (Å²) in [7, 11) is 0. The van der Waals surface area contributed by atoms with Crippen LogP contribution in [0.25, 0.3) is 0 Å². The third-order valence-electron chi connectivity index (χ3n) is 4.31. The fraction of sp³-hybridized carbons (Fsp3) is 0.364. The molecule has 2 aromatic rings. The van der Waals surface area contributed by atoms with Gasteiger partial charge < -0.3 is 10.2 Å². The van der Waals surface area contributed by atoms with E-state index in [9.17, 15) is 9.59 Å². The van der Waals surface area contributed by atoms with Gasteiger partial charge in [0.2, 0.25) is 11.8 Å². The zero-order valence-corrected chi connectivity index (χ0v) is 16.9. The zero-order valence-electron chi connectivity index (χ0n) is 16.1. The van der Waals surface area contributed by atoms with Crippen LogP contribution in [0.2, 0.25) is 0 Å². The first kappa shape index (κ1) is 21.0. The van der Waals surface area contributed by atoms with Crippen molar-refractivity contribution in [1.29, 1.82) is 0 Å². The van der Waals surface area contributed by atoms with Crippen molar-refractivity contribution in [3.8, 4) is 0 Å². The normalized spacial score (nSPS) is 11.6. The first-order chi connectivity index (χ1) is 13.1. The molecule has 2 aromatic carbocycles. The fourth-order valence-electron chi connectivity index (χ4n) is 2.71. The lowest BCUT2D eigenvalue weighted by Crippen LogP contribution is -2.49. The number of hydrogen-bond acceptors (Lipinski definition) is 3. The van der Waals surface area contributed by atoms with Gasteiger partial charge in [-0.1, -0.05) is 55.5 Å². The fourth-order valence-corrected chi connectivity index (χ4v) is 3.52. The Balaban J connectivity index is 2.02. The van der Waals surface area contributed by atoms with Gasteiger partial charge in [-0.15, -0.1) is 11.8 Å². The van der Waals surface area contributed by atoms with Crippen molar-refractivity contribution in [2.24, 2.45) is 0 Å². The average molecular weight is 385 g/mol. The smallest absolute Gasteiger partial charge is 0.242 e. The first-order valence-corrected chi connectivity index (χ1v) is 10.4. The van der Waals surface area contributed by atoms with Gasteiger partial charge in [0, 0.05) is 18.0 Å². The number of carbonyl (C=O) groups excluding carboxylic acids is 2. The molecule has 0 unspecified atom stereocenters. The first-order valence-electron chi connectivity index (χ1n) is 9.40. The van der Waals surface area contributed by atoms with E-state index in [1.54, 1.807) is 11.8 Å². The van der Waals surface area contributed by atoms with E-state index in [2.05, 4.69) is 5.32 Å². The molecule has 27 heavy (non-hydrogen) atoms. The lowest BCUT2D eigenvalue weighted by Gasteiger charge is -2.28. The number of hydrogen-bond donors (Lipinski definition) is 1. The summed E-state index contributed by atoms with van der Waals surface area (Å²) < 4.78 is 0. The summed E-state index contributed by atoms with van der Waals surface area (Å²) in [6.45, 7) is 4.97. The van der Waals surface area contributed by atoms with E-state index in [4.69, 9.17) is 0 Å². The second-order valence-electron chi connectivity index (χ2n) is 6.39. The van der Waals surface area contributed by atoms with Gasteiger partial charge in [-0.25, -0.2) is 0 Å². The van der Waals surface area contributed by atoms with E-state index in [1.165, 1.54) is 11.8 Å². The van der Waals surface area contributed by atoms with Gasteiger partial charge in [-0.05, 0) is 37.5 Å². The molecule has 0 radical (unpaired) electrons. The molecule has 0 bridgehead atoms. The highest BCUT2D eigenvalue weighted by Crippen LogP contribution is 2.18. The second kappa shape index (κ2) is 11.4. The number of nitrogens with one attached hydrogen (secondary N) is 1. The second-order valence-corrected chi connectivity index (χ2v) is 7.44. The maximum atomic E-state index is 12.9. The van der Waals surface area contributed by atoms with Crippen LogP contribution in [0.5, 0.6) is 0 Å². The van der Waals surface area contributed by atoms with Gasteiger partial charge in [0.15, 0.2) is 0 Å². The Kier molecular flexibility index (Phi) is 8.92. The summed E-state index contributed by atoms with van der Waals surface area (Å²) in [4.78, 5) is 28.1. The molecule has 0 aliphatic carbocycles. The predicted molar refractivity (Wildman–Crippen MR) is 112 cm³/mol. The maximum Gasteiger partial charge on any atom is 0.242 e. The molecule has 0 saturated heterocycles. The van der Waals surface area contributed by atoms with Gasteiger partial charge in [-0.2, -0.15) is 0 Å². The third kappa shape index (κ3) is 7.10. The summed E-state index contributed by atoms with van der Waals surface area (Å²) >= 11 is 1.50. The Labute approximate surface area is 166 Å². The molecule has 1 atom stereocenters. The van der Waals surface area contributed by atoms with Crippen LogP contribution in [-0.2, 0) is 16.0 Å². The van der Waals surface area contributed by atoms with Crippen molar-refractivity contribution >= 4 is 23.6 Å². The third-order valence-corrected chi connectivity index (χ3v) is 5.30. The summed E-state index contributed by atoms with van der Waals surface area (Å²) in [5, 5.41) is 2.90. The van der Waals surface area contributed by atoms with Gasteiger partial charge >= 0.3 is 0 Å². The van der Waals surface area contributed by atoms with Gasteiger partial charge in [0.1, 0.15) is 6.04 Å². The van der Waals surface area contributed by atoms with Crippen molar-refractivity contribution < 1.29 is 9.59 Å². The quantitative estimate of drug-likeness (QED) is 0.635.